The first kappa shape index (κ1) is 25.6. The van der Waals surface area contributed by atoms with Crippen molar-refractivity contribution in [3.63, 3.8) is 0 Å². The molecule has 3 aromatic rings. The van der Waals surface area contributed by atoms with Crippen LogP contribution in [0.4, 0.5) is 10.1 Å². The fourth-order valence-corrected chi connectivity index (χ4v) is 3.39. The fraction of sp³-hybridized carbons (Fsp3) is 0.227. The van der Waals surface area contributed by atoms with Gasteiger partial charge in [0.2, 0.25) is 5.91 Å². The van der Waals surface area contributed by atoms with Crippen molar-refractivity contribution in [2.24, 2.45) is 5.41 Å². The smallest absolute Gasteiger partial charge is 0.446 e. The number of rotatable bonds is 7. The third-order valence-corrected chi connectivity index (χ3v) is 5.53. The molecule has 0 aliphatic heterocycles. The van der Waals surface area contributed by atoms with Crippen molar-refractivity contribution < 1.29 is 45.7 Å². The summed E-state index contributed by atoms with van der Waals surface area (Å²) in [6.07, 6.45) is 2.99. The number of anilines is 1. The lowest BCUT2D eigenvalue weighted by Crippen LogP contribution is -2.21. The maximum absolute atomic E-state index is 14.7. The Morgan fingerprint density at radius 2 is 1.83 bits per heavy atom. The van der Waals surface area contributed by atoms with Crippen LogP contribution in [-0.4, -0.2) is 42.6 Å². The number of nitrogens with one attached hydrogen (secondary N) is 1. The van der Waals surface area contributed by atoms with E-state index in [-0.39, 0.29) is 40.9 Å². The molecule has 35 heavy (non-hydrogen) atoms. The molecule has 186 valence electrons. The molecule has 1 aliphatic rings. The molecule has 1 fully saturated rings. The van der Waals surface area contributed by atoms with E-state index in [1.54, 1.807) is 0 Å². The fourth-order valence-electron chi connectivity index (χ4n) is 3.03. The van der Waals surface area contributed by atoms with Gasteiger partial charge in [-0.2, -0.15) is 8.42 Å². The number of carboxylic acid groups (broad SMARTS) is 1. The zero-order chi connectivity index (χ0) is 25.8. The first-order valence-corrected chi connectivity index (χ1v) is 11.4. The second-order valence-electron chi connectivity index (χ2n) is 7.71. The second kappa shape index (κ2) is 10.1. The van der Waals surface area contributed by atoms with Gasteiger partial charge in [0.15, 0.2) is 23.1 Å². The van der Waals surface area contributed by atoms with E-state index in [9.17, 15) is 17.6 Å². The Hall–Kier alpha value is -3.97. The summed E-state index contributed by atoms with van der Waals surface area (Å²) in [5.74, 6) is -1.01. The third kappa shape index (κ3) is 6.33. The van der Waals surface area contributed by atoms with Crippen LogP contribution in [0, 0.1) is 11.2 Å². The molecular weight excluding hydrogens is 487 g/mol. The Labute approximate surface area is 199 Å². The number of carbonyl (C=O) groups is 2. The predicted molar refractivity (Wildman–Crippen MR) is 122 cm³/mol. The highest BCUT2D eigenvalue weighted by atomic mass is 32.3. The standard InChI is InChI=1S/C21H19FN2O7S.CH2O2/c1-21(6-7-21)20(25)24-12-3-4-17(14(22)9-12)30-16-5-8-23-15-11-19(31-32(26,27)28)18(29-2)10-13(15)16;2-1-3/h3-5,8-11H,6-7H2,1-2H3,(H,24,25)(H,26,27,28);1H,(H,2,3). The molecule has 13 heteroatoms. The average molecular weight is 508 g/mol. The van der Waals surface area contributed by atoms with Gasteiger partial charge >= 0.3 is 10.4 Å². The number of aromatic nitrogens is 1. The Bertz CT molecular complexity index is 1370. The van der Waals surface area contributed by atoms with E-state index in [1.165, 1.54) is 49.7 Å². The highest BCUT2D eigenvalue weighted by Gasteiger charge is 2.44. The summed E-state index contributed by atoms with van der Waals surface area (Å²) in [6.45, 7) is 1.60. The third-order valence-electron chi connectivity index (χ3n) is 5.14. The van der Waals surface area contributed by atoms with Crippen molar-refractivity contribution >= 4 is 39.4 Å². The van der Waals surface area contributed by atoms with Gasteiger partial charge in [0.1, 0.15) is 5.75 Å². The average Bonchev–Trinajstić information content (AvgIpc) is 3.53. The molecule has 4 rings (SSSR count). The number of halogens is 1. The van der Waals surface area contributed by atoms with E-state index in [0.717, 1.165) is 12.8 Å². The minimum Gasteiger partial charge on any atom is -0.493 e. The molecule has 0 radical (unpaired) electrons. The summed E-state index contributed by atoms with van der Waals surface area (Å²) in [6, 6.07) is 8.21. The van der Waals surface area contributed by atoms with Crippen molar-refractivity contribution in [2.45, 2.75) is 19.8 Å². The number of hydrogen-bond donors (Lipinski definition) is 3. The van der Waals surface area contributed by atoms with Crippen molar-refractivity contribution in [2.75, 3.05) is 12.4 Å². The van der Waals surface area contributed by atoms with Crippen molar-refractivity contribution in [3.05, 3.63) is 48.4 Å². The lowest BCUT2D eigenvalue weighted by Gasteiger charge is -2.14. The van der Waals surface area contributed by atoms with E-state index >= 15 is 0 Å². The zero-order valence-electron chi connectivity index (χ0n) is 18.5. The summed E-state index contributed by atoms with van der Waals surface area (Å²) in [7, 11) is -3.50. The van der Waals surface area contributed by atoms with Crippen LogP contribution in [0.15, 0.2) is 42.6 Å². The van der Waals surface area contributed by atoms with Crippen LogP contribution >= 0.6 is 0 Å². The Morgan fingerprint density at radius 3 is 2.40 bits per heavy atom. The van der Waals surface area contributed by atoms with Crippen LogP contribution in [0.5, 0.6) is 23.0 Å². The molecule has 0 bridgehead atoms. The number of hydrogen-bond acceptors (Lipinski definition) is 8. The molecule has 0 unspecified atom stereocenters. The summed E-state index contributed by atoms with van der Waals surface area (Å²) in [5, 5.41) is 9.97. The largest absolute Gasteiger partial charge is 0.493 e. The number of benzene rings is 2. The molecule has 2 aromatic carbocycles. The van der Waals surface area contributed by atoms with Gasteiger partial charge in [-0.15, -0.1) is 0 Å². The molecule has 0 spiro atoms. The number of amides is 1. The summed E-state index contributed by atoms with van der Waals surface area (Å²) in [5.41, 5.74) is 0.184. The monoisotopic (exact) mass is 508 g/mol. The maximum Gasteiger partial charge on any atom is 0.446 e. The zero-order valence-corrected chi connectivity index (χ0v) is 19.3. The summed E-state index contributed by atoms with van der Waals surface area (Å²) in [4.78, 5) is 24.6. The normalized spacial score (nSPS) is 13.7. The molecule has 1 amide bonds. The molecule has 0 saturated heterocycles. The van der Waals surface area contributed by atoms with Crippen molar-refractivity contribution in [1.29, 1.82) is 0 Å². The summed E-state index contributed by atoms with van der Waals surface area (Å²) < 4.78 is 61.1. The Morgan fingerprint density at radius 1 is 1.14 bits per heavy atom. The van der Waals surface area contributed by atoms with E-state index in [2.05, 4.69) is 14.5 Å². The molecule has 1 aliphatic carbocycles. The molecule has 11 nitrogen and oxygen atoms in total. The van der Waals surface area contributed by atoms with E-state index < -0.39 is 21.6 Å². The Balaban J connectivity index is 0.00000108. The van der Waals surface area contributed by atoms with Crippen LogP contribution < -0.4 is 19.0 Å². The highest BCUT2D eigenvalue weighted by molar-refractivity contribution is 7.81. The van der Waals surface area contributed by atoms with Crippen LogP contribution in [-0.2, 0) is 20.0 Å². The number of fused-ring (bicyclic) bond motifs is 1. The number of ether oxygens (including phenoxy) is 2. The maximum atomic E-state index is 14.7. The van der Waals surface area contributed by atoms with Gasteiger partial charge in [-0.1, -0.05) is 6.92 Å². The number of nitrogens with zero attached hydrogens (tertiary/aromatic N) is 1. The lowest BCUT2D eigenvalue weighted by molar-refractivity contribution is -0.123. The lowest BCUT2D eigenvalue weighted by atomic mass is 10.1. The molecule has 3 N–H and O–H groups in total. The number of methoxy groups -OCH3 is 1. The van der Waals surface area contributed by atoms with E-state index in [0.29, 0.717) is 11.1 Å². The van der Waals surface area contributed by atoms with Gasteiger partial charge in [0.25, 0.3) is 6.47 Å². The van der Waals surface area contributed by atoms with Gasteiger partial charge in [-0.05, 0) is 37.1 Å². The highest BCUT2D eigenvalue weighted by Crippen LogP contribution is 2.46. The van der Waals surface area contributed by atoms with Crippen LogP contribution in [0.25, 0.3) is 10.9 Å². The Kier molecular flexibility index (Phi) is 7.41. The van der Waals surface area contributed by atoms with Crippen molar-refractivity contribution in [3.8, 4) is 23.0 Å². The van der Waals surface area contributed by atoms with E-state index in [1.807, 2.05) is 6.92 Å². The SMILES string of the molecule is COc1cc2c(Oc3ccc(NC(=O)C4(C)CC4)cc3F)ccnc2cc1OS(=O)(=O)O.O=CO. The van der Waals surface area contributed by atoms with Gasteiger partial charge in [-0.3, -0.25) is 19.1 Å². The topological polar surface area (TPSA) is 161 Å². The first-order chi connectivity index (χ1) is 16.5. The minimum atomic E-state index is -4.78. The number of carbonyl (C=O) groups excluding carboxylic acids is 1. The second-order valence-corrected chi connectivity index (χ2v) is 8.73. The molecule has 1 saturated carbocycles. The van der Waals surface area contributed by atoms with Gasteiger partial charge < -0.3 is 24.1 Å². The molecular formula is C22H21FN2O9S. The van der Waals surface area contributed by atoms with Crippen LogP contribution in [0.1, 0.15) is 19.8 Å². The molecule has 0 atom stereocenters. The quantitative estimate of drug-likeness (QED) is 0.316. The predicted octanol–water partition coefficient (Wildman–Crippen LogP) is 3.80. The molecule has 1 aromatic heterocycles. The first-order valence-electron chi connectivity index (χ1n) is 10.00. The van der Waals surface area contributed by atoms with E-state index in [4.69, 9.17) is 23.9 Å². The van der Waals surface area contributed by atoms with Gasteiger partial charge in [0.05, 0.1) is 12.6 Å². The van der Waals surface area contributed by atoms with Crippen LogP contribution in [0.3, 0.4) is 0 Å². The molecule has 1 heterocycles. The van der Waals surface area contributed by atoms with Gasteiger partial charge in [0, 0.05) is 34.8 Å². The number of pyridine rings is 1. The van der Waals surface area contributed by atoms with Gasteiger partial charge in [-0.25, -0.2) is 4.39 Å². The van der Waals surface area contributed by atoms with Crippen LogP contribution in [0.2, 0.25) is 0 Å². The summed E-state index contributed by atoms with van der Waals surface area (Å²) >= 11 is 0. The van der Waals surface area contributed by atoms with Crippen molar-refractivity contribution in [1.82, 2.24) is 4.98 Å². The minimum absolute atomic E-state index is 0.0138.